The Hall–Kier alpha value is -2.90. The van der Waals surface area contributed by atoms with E-state index in [1.165, 1.54) is 180 Å². The summed E-state index contributed by atoms with van der Waals surface area (Å²) in [6.45, 7) is 5.67. The van der Waals surface area contributed by atoms with Crippen LogP contribution in [0.25, 0.3) is 0 Å². The summed E-state index contributed by atoms with van der Waals surface area (Å²) in [4.78, 5) is 26.6. The van der Waals surface area contributed by atoms with E-state index in [2.05, 4.69) is 74.7 Å². The number of amides is 1. The number of allylic oxidation sites excluding steroid dienone is 11. The average Bonchev–Trinajstić information content (AvgIpc) is 3.68. The van der Waals surface area contributed by atoms with E-state index in [1.807, 2.05) is 18.2 Å². The molecule has 1 fully saturated rings. The lowest BCUT2D eigenvalue weighted by Gasteiger charge is -2.41. The second kappa shape index (κ2) is 58.5. The Morgan fingerprint density at radius 3 is 1.29 bits per heavy atom. The van der Waals surface area contributed by atoms with E-state index >= 15 is 0 Å². The minimum Gasteiger partial charge on any atom is -0.454 e. The molecule has 0 aromatic carbocycles. The first-order chi connectivity index (χ1) is 40.2. The molecule has 0 aliphatic carbocycles. The predicted octanol–water partition coefficient (Wildman–Crippen LogP) is 17.1. The first kappa shape index (κ1) is 77.1. The fraction of sp³-hybridized carbons (Fsp3) is 0.803. The molecule has 82 heavy (non-hydrogen) atoms. The highest BCUT2D eigenvalue weighted by Crippen LogP contribution is 2.26. The molecule has 0 bridgehead atoms. The van der Waals surface area contributed by atoms with Crippen molar-refractivity contribution in [3.63, 3.8) is 0 Å². The van der Waals surface area contributed by atoms with Crippen molar-refractivity contribution in [1.29, 1.82) is 0 Å². The average molecular weight is 1150 g/mol. The van der Waals surface area contributed by atoms with Crippen LogP contribution in [-0.2, 0) is 23.8 Å². The van der Waals surface area contributed by atoms with E-state index in [4.69, 9.17) is 14.2 Å². The molecule has 1 saturated heterocycles. The minimum absolute atomic E-state index is 0.119. The van der Waals surface area contributed by atoms with Crippen LogP contribution in [0.2, 0.25) is 0 Å². The Labute approximate surface area is 502 Å². The van der Waals surface area contributed by atoms with Crippen LogP contribution in [0.5, 0.6) is 0 Å². The lowest BCUT2D eigenvalue weighted by atomic mass is 9.99. The molecular weight excluding hydrogens is 1030 g/mol. The predicted molar refractivity (Wildman–Crippen MR) is 343 cm³/mol. The number of ether oxygens (including phenoxy) is 3. The Balaban J connectivity index is 2.59. The molecule has 11 heteroatoms. The SMILES string of the molecule is CC/C=C\C/C=C\C/C=C\C/C=C\C/C=C\CCC(O)C(=O)NC(COC1OC(CO)C(O)C(O)C1OC(=O)CCCCCCCCCCCCCCCCCCCCCCCCCCC)C(O)/C=C/CCCCCCCCCCCC. The number of carbonyl (C=O) groups is 2. The Morgan fingerprint density at radius 1 is 0.488 bits per heavy atom. The lowest BCUT2D eigenvalue weighted by molar-refractivity contribution is -0.305. The quantitative estimate of drug-likeness (QED) is 0.0195. The zero-order chi connectivity index (χ0) is 59.6. The van der Waals surface area contributed by atoms with Gasteiger partial charge in [-0.05, 0) is 64.2 Å². The number of unbranched alkanes of at least 4 members (excludes halogenated alkanes) is 34. The van der Waals surface area contributed by atoms with Crippen molar-refractivity contribution in [1.82, 2.24) is 5.32 Å². The van der Waals surface area contributed by atoms with Crippen LogP contribution in [0.3, 0.4) is 0 Å². The van der Waals surface area contributed by atoms with Gasteiger partial charge in [-0.2, -0.15) is 0 Å². The van der Waals surface area contributed by atoms with E-state index in [1.54, 1.807) is 6.08 Å². The number of aliphatic hydroxyl groups is 5. The first-order valence-corrected chi connectivity index (χ1v) is 34.2. The van der Waals surface area contributed by atoms with E-state index in [9.17, 15) is 35.1 Å². The Kier molecular flexibility index (Phi) is 55.0. The molecule has 0 aromatic rings. The third-order valence-corrected chi connectivity index (χ3v) is 15.9. The van der Waals surface area contributed by atoms with Crippen LogP contribution < -0.4 is 5.32 Å². The third-order valence-electron chi connectivity index (χ3n) is 15.9. The van der Waals surface area contributed by atoms with Crippen LogP contribution in [0.15, 0.2) is 72.9 Å². The molecule has 0 spiro atoms. The normalized spacial score (nSPS) is 19.0. The van der Waals surface area contributed by atoms with Crippen molar-refractivity contribution < 1.29 is 49.3 Å². The molecule has 0 aromatic heterocycles. The molecule has 1 heterocycles. The molecule has 11 nitrogen and oxygen atoms in total. The van der Waals surface area contributed by atoms with E-state index in [0.29, 0.717) is 12.8 Å². The summed E-state index contributed by atoms with van der Waals surface area (Å²) < 4.78 is 17.6. The minimum atomic E-state index is -1.62. The monoisotopic (exact) mass is 1150 g/mol. The summed E-state index contributed by atoms with van der Waals surface area (Å²) in [7, 11) is 0. The topological polar surface area (TPSA) is 175 Å². The summed E-state index contributed by atoms with van der Waals surface area (Å²) in [5.41, 5.74) is 0. The highest BCUT2D eigenvalue weighted by atomic mass is 16.7. The van der Waals surface area contributed by atoms with Gasteiger partial charge in [0.2, 0.25) is 5.91 Å². The van der Waals surface area contributed by atoms with Gasteiger partial charge in [0.05, 0.1) is 25.4 Å². The van der Waals surface area contributed by atoms with Gasteiger partial charge >= 0.3 is 5.97 Å². The van der Waals surface area contributed by atoms with Gasteiger partial charge in [-0.15, -0.1) is 0 Å². The summed E-state index contributed by atoms with van der Waals surface area (Å²) in [6.07, 6.45) is 65.4. The number of hydrogen-bond acceptors (Lipinski definition) is 10. The first-order valence-electron chi connectivity index (χ1n) is 34.2. The van der Waals surface area contributed by atoms with Gasteiger partial charge in [-0.1, -0.05) is 306 Å². The van der Waals surface area contributed by atoms with Crippen molar-refractivity contribution in [2.75, 3.05) is 13.2 Å². The van der Waals surface area contributed by atoms with E-state index in [0.717, 1.165) is 77.0 Å². The number of aliphatic hydroxyl groups excluding tert-OH is 5. The zero-order valence-corrected chi connectivity index (χ0v) is 52.9. The Morgan fingerprint density at radius 2 is 0.878 bits per heavy atom. The molecule has 8 atom stereocenters. The summed E-state index contributed by atoms with van der Waals surface area (Å²) >= 11 is 0. The largest absolute Gasteiger partial charge is 0.454 e. The van der Waals surface area contributed by atoms with Gasteiger partial charge in [0.25, 0.3) is 0 Å². The third kappa shape index (κ3) is 45.5. The van der Waals surface area contributed by atoms with Crippen molar-refractivity contribution in [3.05, 3.63) is 72.9 Å². The molecule has 6 N–H and O–H groups in total. The molecule has 1 aliphatic heterocycles. The highest BCUT2D eigenvalue weighted by molar-refractivity contribution is 5.80. The van der Waals surface area contributed by atoms with Crippen molar-refractivity contribution >= 4 is 11.9 Å². The smallest absolute Gasteiger partial charge is 0.306 e. The summed E-state index contributed by atoms with van der Waals surface area (Å²) in [5, 5.41) is 57.0. The Bertz CT molecular complexity index is 1610. The highest BCUT2D eigenvalue weighted by Gasteiger charge is 2.47. The molecule has 1 amide bonds. The number of esters is 1. The molecule has 1 rings (SSSR count). The molecule has 476 valence electrons. The number of hydrogen-bond donors (Lipinski definition) is 6. The molecule has 0 radical (unpaired) electrons. The van der Waals surface area contributed by atoms with Gasteiger partial charge in [0.15, 0.2) is 12.4 Å². The van der Waals surface area contributed by atoms with Crippen molar-refractivity contribution in [3.8, 4) is 0 Å². The van der Waals surface area contributed by atoms with Gasteiger partial charge in [0, 0.05) is 6.42 Å². The van der Waals surface area contributed by atoms with Crippen LogP contribution in [0, 0.1) is 0 Å². The lowest BCUT2D eigenvalue weighted by Crippen LogP contribution is -2.61. The number of rotatable bonds is 58. The fourth-order valence-electron chi connectivity index (χ4n) is 10.5. The van der Waals surface area contributed by atoms with E-state index < -0.39 is 67.4 Å². The number of nitrogens with one attached hydrogen (secondary N) is 1. The van der Waals surface area contributed by atoms with Crippen molar-refractivity contribution in [2.45, 2.75) is 352 Å². The maximum absolute atomic E-state index is 13.4. The van der Waals surface area contributed by atoms with Crippen LogP contribution >= 0.6 is 0 Å². The van der Waals surface area contributed by atoms with Crippen LogP contribution in [0.1, 0.15) is 303 Å². The standard InChI is InChI=1S/C71H127NO10/c1-4-7-10-13-16-19-22-25-27-29-30-31-32-33-34-35-36-37-39-41-44-47-50-53-56-59-66(76)82-69-68(78)67(77)65(60-73)81-71(69)80-61-62(63(74)57-54-51-48-45-42-24-21-18-15-12-9-6-3)72-70(79)64(75)58-55-52-49-46-43-40-38-28-26-23-20-17-14-11-8-5-2/h8,11,17,20,26,28,40,43,49,52,54,57,62-65,67-69,71,73-75,77-78H,4-7,9-10,12-16,18-19,21-25,27,29-39,41-42,44-48,50-51,53,55-56,58-61H2,1-3H3,(H,72,79)/b11-8-,20-17-,28-26-,43-40-,52-49-,57-54+. The second-order valence-corrected chi connectivity index (χ2v) is 23.5. The molecule has 8 unspecified atom stereocenters. The van der Waals surface area contributed by atoms with Gasteiger partial charge in [0.1, 0.15) is 24.4 Å². The molecule has 1 aliphatic rings. The van der Waals surface area contributed by atoms with Crippen LogP contribution in [-0.4, -0.2) is 99.6 Å². The molecule has 0 saturated carbocycles. The summed E-state index contributed by atoms with van der Waals surface area (Å²) in [5.74, 6) is -1.25. The van der Waals surface area contributed by atoms with Gasteiger partial charge < -0.3 is 45.1 Å². The van der Waals surface area contributed by atoms with Crippen LogP contribution in [0.4, 0.5) is 0 Å². The second-order valence-electron chi connectivity index (χ2n) is 23.5. The maximum Gasteiger partial charge on any atom is 0.306 e. The van der Waals surface area contributed by atoms with E-state index in [-0.39, 0.29) is 19.4 Å². The van der Waals surface area contributed by atoms with Gasteiger partial charge in [-0.3, -0.25) is 9.59 Å². The fourth-order valence-corrected chi connectivity index (χ4v) is 10.5. The summed E-state index contributed by atoms with van der Waals surface area (Å²) in [6, 6.07) is -1.06. The number of carbonyl (C=O) groups excluding carboxylic acids is 2. The van der Waals surface area contributed by atoms with Crippen molar-refractivity contribution in [2.24, 2.45) is 0 Å². The molecular formula is C71H127NO10. The maximum atomic E-state index is 13.4. The van der Waals surface area contributed by atoms with Gasteiger partial charge in [-0.25, -0.2) is 0 Å². The zero-order valence-electron chi connectivity index (χ0n) is 52.9.